The zero-order valence-corrected chi connectivity index (χ0v) is 9.13. The van der Waals surface area contributed by atoms with Gasteiger partial charge in [0.25, 0.3) is 0 Å². The molecule has 0 saturated heterocycles. The van der Waals surface area contributed by atoms with Crippen molar-refractivity contribution in [1.29, 1.82) is 0 Å². The van der Waals surface area contributed by atoms with Crippen LogP contribution in [0.5, 0.6) is 0 Å². The van der Waals surface area contributed by atoms with Gasteiger partial charge in [0.15, 0.2) is 0 Å². The Labute approximate surface area is 80.7 Å². The SMILES string of the molecule is CN(CCC(C)(C)C)C(=O)CCO. The number of amides is 1. The lowest BCUT2D eigenvalue weighted by atomic mass is 9.92. The largest absolute Gasteiger partial charge is 0.396 e. The third-order valence-electron chi connectivity index (χ3n) is 1.95. The van der Waals surface area contributed by atoms with E-state index >= 15 is 0 Å². The predicted molar refractivity (Wildman–Crippen MR) is 53.4 cm³/mol. The fraction of sp³-hybridized carbons (Fsp3) is 0.900. The molecule has 0 aromatic rings. The summed E-state index contributed by atoms with van der Waals surface area (Å²) >= 11 is 0. The Balaban J connectivity index is 3.74. The molecule has 0 rings (SSSR count). The zero-order chi connectivity index (χ0) is 10.5. The maximum absolute atomic E-state index is 11.2. The minimum absolute atomic E-state index is 0.0201. The number of hydrogen-bond acceptors (Lipinski definition) is 2. The van der Waals surface area contributed by atoms with E-state index in [0.29, 0.717) is 0 Å². The summed E-state index contributed by atoms with van der Waals surface area (Å²) in [5.41, 5.74) is 0.258. The molecule has 13 heavy (non-hydrogen) atoms. The molecule has 0 unspecified atom stereocenters. The molecule has 3 heteroatoms. The first-order valence-corrected chi connectivity index (χ1v) is 4.71. The van der Waals surface area contributed by atoms with Gasteiger partial charge >= 0.3 is 0 Å². The van der Waals surface area contributed by atoms with Crippen molar-refractivity contribution in [2.24, 2.45) is 5.41 Å². The van der Waals surface area contributed by atoms with E-state index in [0.717, 1.165) is 13.0 Å². The number of aliphatic hydroxyl groups excluding tert-OH is 1. The highest BCUT2D eigenvalue weighted by Gasteiger charge is 2.13. The fourth-order valence-electron chi connectivity index (χ4n) is 0.914. The summed E-state index contributed by atoms with van der Waals surface area (Å²) in [4.78, 5) is 12.9. The van der Waals surface area contributed by atoms with E-state index < -0.39 is 0 Å². The summed E-state index contributed by atoms with van der Waals surface area (Å²) in [5.74, 6) is 0.0201. The maximum atomic E-state index is 11.2. The van der Waals surface area contributed by atoms with Crippen molar-refractivity contribution in [2.45, 2.75) is 33.6 Å². The molecule has 1 amide bonds. The minimum atomic E-state index is -0.0569. The molecule has 0 saturated carbocycles. The summed E-state index contributed by atoms with van der Waals surface area (Å²) in [7, 11) is 1.78. The topological polar surface area (TPSA) is 40.5 Å². The summed E-state index contributed by atoms with van der Waals surface area (Å²) in [6.07, 6.45) is 1.22. The molecule has 78 valence electrons. The quantitative estimate of drug-likeness (QED) is 0.720. The fourth-order valence-corrected chi connectivity index (χ4v) is 0.914. The lowest BCUT2D eigenvalue weighted by molar-refractivity contribution is -0.130. The first-order chi connectivity index (χ1) is 5.87. The monoisotopic (exact) mass is 187 g/mol. The molecule has 0 bridgehead atoms. The van der Waals surface area contributed by atoms with Crippen LogP contribution in [0, 0.1) is 5.41 Å². The predicted octanol–water partition coefficient (Wildman–Crippen LogP) is 1.26. The number of rotatable bonds is 4. The number of hydrogen-bond donors (Lipinski definition) is 1. The van der Waals surface area contributed by atoms with Gasteiger partial charge in [0.1, 0.15) is 0 Å². The van der Waals surface area contributed by atoms with E-state index in [9.17, 15) is 4.79 Å². The van der Waals surface area contributed by atoms with Gasteiger partial charge in [-0.25, -0.2) is 0 Å². The van der Waals surface area contributed by atoms with Gasteiger partial charge in [-0.15, -0.1) is 0 Å². The highest BCUT2D eigenvalue weighted by atomic mass is 16.3. The molecule has 0 aliphatic heterocycles. The van der Waals surface area contributed by atoms with Gasteiger partial charge in [-0.3, -0.25) is 4.79 Å². The van der Waals surface area contributed by atoms with Crippen molar-refractivity contribution in [3.63, 3.8) is 0 Å². The van der Waals surface area contributed by atoms with Crippen molar-refractivity contribution in [2.75, 3.05) is 20.2 Å². The molecule has 0 fully saturated rings. The Bertz CT molecular complexity index is 161. The Morgan fingerprint density at radius 2 is 1.92 bits per heavy atom. The van der Waals surface area contributed by atoms with Crippen LogP contribution in [0.15, 0.2) is 0 Å². The zero-order valence-electron chi connectivity index (χ0n) is 9.13. The van der Waals surface area contributed by atoms with Crippen LogP contribution in [0.4, 0.5) is 0 Å². The van der Waals surface area contributed by atoms with Crippen LogP contribution >= 0.6 is 0 Å². The van der Waals surface area contributed by atoms with Crippen LogP contribution in [-0.4, -0.2) is 36.1 Å². The van der Waals surface area contributed by atoms with Crippen molar-refractivity contribution in [3.8, 4) is 0 Å². The molecule has 0 aliphatic rings. The van der Waals surface area contributed by atoms with E-state index in [1.165, 1.54) is 0 Å². The maximum Gasteiger partial charge on any atom is 0.224 e. The lowest BCUT2D eigenvalue weighted by Gasteiger charge is -2.23. The summed E-state index contributed by atoms with van der Waals surface area (Å²) < 4.78 is 0. The van der Waals surface area contributed by atoms with Crippen LogP contribution in [0.3, 0.4) is 0 Å². The number of carbonyl (C=O) groups is 1. The van der Waals surface area contributed by atoms with Crippen LogP contribution in [0.2, 0.25) is 0 Å². The van der Waals surface area contributed by atoms with E-state index in [-0.39, 0.29) is 24.3 Å². The lowest BCUT2D eigenvalue weighted by Crippen LogP contribution is -2.30. The number of aliphatic hydroxyl groups is 1. The van der Waals surface area contributed by atoms with Crippen molar-refractivity contribution >= 4 is 5.91 Å². The smallest absolute Gasteiger partial charge is 0.224 e. The Kier molecular flexibility index (Phi) is 4.99. The first kappa shape index (κ1) is 12.4. The van der Waals surface area contributed by atoms with E-state index in [4.69, 9.17) is 5.11 Å². The van der Waals surface area contributed by atoms with Crippen LogP contribution < -0.4 is 0 Å². The van der Waals surface area contributed by atoms with Crippen LogP contribution in [0.1, 0.15) is 33.6 Å². The van der Waals surface area contributed by atoms with Gasteiger partial charge in [0, 0.05) is 20.0 Å². The van der Waals surface area contributed by atoms with Crippen LogP contribution in [0.25, 0.3) is 0 Å². The Hall–Kier alpha value is -0.570. The molecule has 0 heterocycles. The summed E-state index contributed by atoms with van der Waals surface area (Å²) in [5, 5.41) is 8.57. The van der Waals surface area contributed by atoms with Gasteiger partial charge in [0.05, 0.1) is 6.61 Å². The first-order valence-electron chi connectivity index (χ1n) is 4.71. The average Bonchev–Trinajstić information content (AvgIpc) is 1.99. The van der Waals surface area contributed by atoms with Gasteiger partial charge in [-0.1, -0.05) is 20.8 Å². The second-order valence-corrected chi connectivity index (χ2v) is 4.60. The van der Waals surface area contributed by atoms with E-state index in [1.54, 1.807) is 11.9 Å². The molecule has 0 radical (unpaired) electrons. The van der Waals surface area contributed by atoms with Gasteiger partial charge in [-0.05, 0) is 11.8 Å². The van der Waals surface area contributed by atoms with Gasteiger partial charge in [0.2, 0.25) is 5.91 Å². The molecule has 0 aromatic carbocycles. The molecule has 0 spiro atoms. The van der Waals surface area contributed by atoms with E-state index in [1.807, 2.05) is 0 Å². The average molecular weight is 187 g/mol. The second-order valence-electron chi connectivity index (χ2n) is 4.60. The molecule has 0 aliphatic carbocycles. The highest BCUT2D eigenvalue weighted by molar-refractivity contribution is 5.75. The summed E-state index contributed by atoms with van der Waals surface area (Å²) in [6.45, 7) is 7.16. The van der Waals surface area contributed by atoms with Crippen molar-refractivity contribution in [1.82, 2.24) is 4.90 Å². The molecular weight excluding hydrogens is 166 g/mol. The Morgan fingerprint density at radius 3 is 2.31 bits per heavy atom. The molecular formula is C10H21NO2. The Morgan fingerprint density at radius 1 is 1.38 bits per heavy atom. The highest BCUT2D eigenvalue weighted by Crippen LogP contribution is 2.18. The minimum Gasteiger partial charge on any atom is -0.396 e. The van der Waals surface area contributed by atoms with Crippen molar-refractivity contribution < 1.29 is 9.90 Å². The van der Waals surface area contributed by atoms with Crippen LogP contribution in [-0.2, 0) is 4.79 Å². The molecule has 0 atom stereocenters. The third-order valence-corrected chi connectivity index (χ3v) is 1.95. The molecule has 0 aromatic heterocycles. The van der Waals surface area contributed by atoms with Crippen molar-refractivity contribution in [3.05, 3.63) is 0 Å². The standard InChI is InChI=1S/C10H21NO2/c1-10(2,3)6-7-11(4)9(13)5-8-12/h12H,5-8H2,1-4H3. The van der Waals surface area contributed by atoms with Gasteiger partial charge < -0.3 is 10.0 Å². The molecule has 3 nitrogen and oxygen atoms in total. The summed E-state index contributed by atoms with van der Waals surface area (Å²) in [6, 6.07) is 0. The normalized spacial score (nSPS) is 11.5. The molecule has 1 N–H and O–H groups in total. The van der Waals surface area contributed by atoms with Gasteiger partial charge in [-0.2, -0.15) is 0 Å². The second kappa shape index (κ2) is 5.22. The number of carbonyl (C=O) groups excluding carboxylic acids is 1. The third kappa shape index (κ3) is 6.58. The van der Waals surface area contributed by atoms with E-state index in [2.05, 4.69) is 20.8 Å². The number of nitrogens with zero attached hydrogens (tertiary/aromatic N) is 1.